The normalized spacial score (nSPS) is 13.1. The third-order valence-electron chi connectivity index (χ3n) is 3.77. The summed E-state index contributed by atoms with van der Waals surface area (Å²) >= 11 is 1.72. The molecule has 0 fully saturated rings. The Hall–Kier alpha value is -1.60. The first-order chi connectivity index (χ1) is 10.1. The molecule has 0 amide bonds. The summed E-state index contributed by atoms with van der Waals surface area (Å²) in [6, 6.07) is 5.81. The van der Waals surface area contributed by atoms with Crippen molar-refractivity contribution in [3.05, 3.63) is 56.0 Å². The molecule has 0 saturated carbocycles. The van der Waals surface area contributed by atoms with Crippen LogP contribution < -0.4 is 21.5 Å². The molecule has 0 unspecified atom stereocenters. The summed E-state index contributed by atoms with van der Waals surface area (Å²) in [7, 11) is 0. The second-order valence-corrected chi connectivity index (χ2v) is 6.09. The maximum atomic E-state index is 12.3. The summed E-state index contributed by atoms with van der Waals surface area (Å²) in [6.07, 6.45) is 4.55. The van der Waals surface area contributed by atoms with Crippen molar-refractivity contribution in [2.45, 2.75) is 32.2 Å². The number of benzene rings is 1. The Morgan fingerprint density at radius 3 is 2.59 bits per heavy atom. The van der Waals surface area contributed by atoms with E-state index in [1.54, 1.807) is 11.3 Å². The molecule has 1 heterocycles. The highest BCUT2D eigenvalue weighted by atomic mass is 79.9. The number of hydrogen-bond donors (Lipinski definition) is 0. The monoisotopic (exact) mass is 382 g/mol. The number of carbonyl (C=O) groups is 1. The van der Waals surface area contributed by atoms with Crippen LogP contribution in [0.2, 0.25) is 0 Å². The van der Waals surface area contributed by atoms with Gasteiger partial charge in [0.2, 0.25) is 17.8 Å². The Labute approximate surface area is 142 Å². The molecule has 0 saturated heterocycles. The molecule has 0 spiro atoms. The van der Waals surface area contributed by atoms with E-state index in [1.807, 2.05) is 10.1 Å². The van der Waals surface area contributed by atoms with Gasteiger partial charge in [-0.1, -0.05) is 11.3 Å². The Balaban J connectivity index is 0.00000176. The van der Waals surface area contributed by atoms with Crippen LogP contribution in [0, 0.1) is 10.1 Å². The fourth-order valence-corrected chi connectivity index (χ4v) is 3.70. The van der Waals surface area contributed by atoms with Gasteiger partial charge in [-0.2, -0.15) is 4.57 Å². The summed E-state index contributed by atoms with van der Waals surface area (Å²) in [5.41, 5.74) is 3.82. The molecule has 0 aliphatic heterocycles. The van der Waals surface area contributed by atoms with Gasteiger partial charge in [-0.25, -0.2) is 0 Å². The van der Waals surface area contributed by atoms with Crippen LogP contribution in [0.3, 0.4) is 0 Å². The Morgan fingerprint density at radius 1 is 1.23 bits per heavy atom. The van der Waals surface area contributed by atoms with E-state index in [0.717, 1.165) is 12.8 Å². The average molecular weight is 383 g/mol. The lowest BCUT2D eigenvalue weighted by molar-refractivity contribution is -0.686. The van der Waals surface area contributed by atoms with Crippen molar-refractivity contribution in [1.82, 2.24) is 0 Å². The molecule has 1 aromatic carbocycles. The van der Waals surface area contributed by atoms with Crippen molar-refractivity contribution in [3.8, 4) is 0 Å². The number of carbonyl (C=O) groups excluding carboxylic acids is 1. The lowest BCUT2D eigenvalue weighted by Gasteiger charge is -2.07. The van der Waals surface area contributed by atoms with Crippen LogP contribution in [-0.2, 0) is 19.4 Å². The second-order valence-electron chi connectivity index (χ2n) is 5.16. The number of thiazole rings is 1. The molecular formula is C15H15BrN2O3S. The Bertz CT molecular complexity index is 697. The van der Waals surface area contributed by atoms with Crippen LogP contribution in [0.25, 0.3) is 0 Å². The first kappa shape index (κ1) is 16.8. The molecule has 1 aromatic heterocycles. The van der Waals surface area contributed by atoms with E-state index in [2.05, 4.69) is 0 Å². The molecule has 2 aromatic rings. The topological polar surface area (TPSA) is 64.1 Å². The van der Waals surface area contributed by atoms with Gasteiger partial charge in [0, 0.05) is 24.1 Å². The minimum absolute atomic E-state index is 0. The minimum Gasteiger partial charge on any atom is -1.00 e. The van der Waals surface area contributed by atoms with E-state index in [0.29, 0.717) is 12.1 Å². The van der Waals surface area contributed by atoms with Gasteiger partial charge in [-0.15, -0.1) is 0 Å². The molecule has 116 valence electrons. The van der Waals surface area contributed by atoms with Crippen LogP contribution in [0.5, 0.6) is 0 Å². The number of non-ortho nitro benzene ring substituents is 1. The highest BCUT2D eigenvalue weighted by Gasteiger charge is 2.24. The molecule has 7 heteroatoms. The van der Waals surface area contributed by atoms with E-state index in [9.17, 15) is 14.9 Å². The molecule has 1 aliphatic rings. The van der Waals surface area contributed by atoms with Crippen molar-refractivity contribution >= 4 is 22.8 Å². The van der Waals surface area contributed by atoms with Gasteiger partial charge in [-0.3, -0.25) is 14.9 Å². The molecule has 5 nitrogen and oxygen atoms in total. The van der Waals surface area contributed by atoms with Crippen molar-refractivity contribution < 1.29 is 31.3 Å². The van der Waals surface area contributed by atoms with Crippen LogP contribution in [-0.4, -0.2) is 10.7 Å². The van der Waals surface area contributed by atoms with Crippen LogP contribution >= 0.6 is 11.3 Å². The molecular weight excluding hydrogens is 368 g/mol. The molecule has 3 rings (SSSR count). The highest BCUT2D eigenvalue weighted by molar-refractivity contribution is 7.09. The van der Waals surface area contributed by atoms with Crippen molar-refractivity contribution in [1.29, 1.82) is 0 Å². The molecule has 0 bridgehead atoms. The first-order valence-corrected chi connectivity index (χ1v) is 7.79. The van der Waals surface area contributed by atoms with Gasteiger partial charge in [0.05, 0.1) is 9.80 Å². The molecule has 0 N–H and O–H groups in total. The molecule has 1 aliphatic carbocycles. The maximum Gasteiger partial charge on any atom is 0.269 e. The number of nitrogens with zero attached hydrogens (tertiary/aromatic N) is 2. The third-order valence-corrected chi connectivity index (χ3v) is 4.86. The molecule has 0 atom stereocenters. The fourth-order valence-electron chi connectivity index (χ4n) is 2.63. The number of aryl methyl sites for hydroxylation is 1. The number of ketones is 1. The third kappa shape index (κ3) is 3.41. The standard InChI is InChI=1S/C15H15N2O3S.BrH/c18-14(11-5-7-12(8-6-11)17(19)20)9-16-10-21-15-4-2-1-3-13(15)16;/h5-8,10H,1-4,9H2;1H/q+1;/p-1. The van der Waals surface area contributed by atoms with E-state index in [4.69, 9.17) is 0 Å². The molecule has 22 heavy (non-hydrogen) atoms. The zero-order valence-corrected chi connectivity index (χ0v) is 14.2. The predicted octanol–water partition coefficient (Wildman–Crippen LogP) is -0.291. The van der Waals surface area contributed by atoms with Crippen molar-refractivity contribution in [2.24, 2.45) is 0 Å². The first-order valence-electron chi connectivity index (χ1n) is 6.91. The maximum absolute atomic E-state index is 12.3. The number of hydrogen-bond acceptors (Lipinski definition) is 4. The lowest BCUT2D eigenvalue weighted by atomic mass is 10.0. The number of fused-ring (bicyclic) bond motifs is 1. The zero-order chi connectivity index (χ0) is 14.8. The number of nitro groups is 1. The minimum atomic E-state index is -0.460. The Morgan fingerprint density at radius 2 is 1.91 bits per heavy atom. The van der Waals surface area contributed by atoms with Crippen LogP contribution in [0.15, 0.2) is 29.8 Å². The lowest BCUT2D eigenvalue weighted by Crippen LogP contribution is -3.00. The largest absolute Gasteiger partial charge is 1.00 e. The fraction of sp³-hybridized carbons (Fsp3) is 0.333. The smallest absolute Gasteiger partial charge is 0.269 e. The van der Waals surface area contributed by atoms with E-state index in [-0.39, 0.29) is 28.5 Å². The number of rotatable bonds is 4. The Kier molecular flexibility index (Phi) is 5.42. The van der Waals surface area contributed by atoms with Crippen molar-refractivity contribution in [2.75, 3.05) is 0 Å². The summed E-state index contributed by atoms with van der Waals surface area (Å²) in [6.45, 7) is 0.309. The van der Waals surface area contributed by atoms with Gasteiger partial charge in [0.15, 0.2) is 5.69 Å². The van der Waals surface area contributed by atoms with Gasteiger partial charge >= 0.3 is 0 Å². The van der Waals surface area contributed by atoms with Gasteiger partial charge in [0.25, 0.3) is 5.69 Å². The number of aromatic nitrogens is 1. The summed E-state index contributed by atoms with van der Waals surface area (Å²) in [5, 5.41) is 10.6. The summed E-state index contributed by atoms with van der Waals surface area (Å²) < 4.78 is 2.03. The summed E-state index contributed by atoms with van der Waals surface area (Å²) in [4.78, 5) is 23.8. The van der Waals surface area contributed by atoms with Gasteiger partial charge in [-0.05, 0) is 31.4 Å². The summed E-state index contributed by atoms with van der Waals surface area (Å²) in [5.74, 6) is -0.0129. The second kappa shape index (κ2) is 7.11. The number of Topliss-reactive ketones (excluding diaryl/α,β-unsaturated/α-hetero) is 1. The highest BCUT2D eigenvalue weighted by Crippen LogP contribution is 2.22. The van der Waals surface area contributed by atoms with E-state index in [1.165, 1.54) is 47.7 Å². The van der Waals surface area contributed by atoms with Crippen LogP contribution in [0.1, 0.15) is 33.8 Å². The van der Waals surface area contributed by atoms with Crippen LogP contribution in [0.4, 0.5) is 5.69 Å². The van der Waals surface area contributed by atoms with E-state index < -0.39 is 4.92 Å². The quantitative estimate of drug-likeness (QED) is 0.316. The number of halogens is 1. The SMILES string of the molecule is O=C(C[n+]1csc2c1CCCC2)c1ccc([N+](=O)[O-])cc1.[Br-]. The zero-order valence-electron chi connectivity index (χ0n) is 11.8. The predicted molar refractivity (Wildman–Crippen MR) is 78.6 cm³/mol. The molecule has 0 radical (unpaired) electrons. The number of nitro benzene ring substituents is 1. The van der Waals surface area contributed by atoms with Gasteiger partial charge in [0.1, 0.15) is 0 Å². The average Bonchev–Trinajstić information content (AvgIpc) is 2.91. The van der Waals surface area contributed by atoms with E-state index >= 15 is 0 Å². The van der Waals surface area contributed by atoms with Crippen molar-refractivity contribution in [3.63, 3.8) is 0 Å². The van der Waals surface area contributed by atoms with Gasteiger partial charge < -0.3 is 17.0 Å².